The lowest BCUT2D eigenvalue weighted by molar-refractivity contribution is -0.142. The van der Waals surface area contributed by atoms with E-state index in [1.165, 1.54) is 19.3 Å². The van der Waals surface area contributed by atoms with Crippen LogP contribution in [0.4, 0.5) is 0 Å². The van der Waals surface area contributed by atoms with Crippen molar-refractivity contribution in [2.45, 2.75) is 38.6 Å². The summed E-state index contributed by atoms with van der Waals surface area (Å²) in [4.78, 5) is 25.9. The van der Waals surface area contributed by atoms with Gasteiger partial charge in [-0.1, -0.05) is 6.42 Å². The van der Waals surface area contributed by atoms with Crippen LogP contribution >= 0.6 is 0 Å². The monoisotopic (exact) mass is 253 g/mol. The van der Waals surface area contributed by atoms with Gasteiger partial charge in [-0.15, -0.1) is 0 Å². The molecule has 0 bridgehead atoms. The van der Waals surface area contributed by atoms with Crippen LogP contribution in [0.25, 0.3) is 0 Å². The van der Waals surface area contributed by atoms with Crippen LogP contribution in [-0.2, 0) is 9.59 Å². The Labute approximate surface area is 108 Å². The van der Waals surface area contributed by atoms with E-state index in [0.717, 1.165) is 6.54 Å². The molecule has 0 aromatic heterocycles. The molecule has 2 amide bonds. The Balaban J connectivity index is 1.93. The van der Waals surface area contributed by atoms with Gasteiger partial charge in [-0.05, 0) is 25.7 Å². The van der Waals surface area contributed by atoms with Crippen molar-refractivity contribution in [3.05, 3.63) is 0 Å². The molecule has 1 aliphatic carbocycles. The SMILES string of the molecule is CCNC(=O)C1CNCCN1C(=O)CC1CCC1. The van der Waals surface area contributed by atoms with Gasteiger partial charge in [0.05, 0.1) is 0 Å². The fraction of sp³-hybridized carbons (Fsp3) is 0.846. The lowest BCUT2D eigenvalue weighted by Gasteiger charge is -2.37. The van der Waals surface area contributed by atoms with Crippen molar-refractivity contribution in [1.82, 2.24) is 15.5 Å². The second-order valence-electron chi connectivity index (χ2n) is 5.20. The van der Waals surface area contributed by atoms with E-state index >= 15 is 0 Å². The Bertz CT molecular complexity index is 315. The van der Waals surface area contributed by atoms with E-state index in [-0.39, 0.29) is 17.9 Å². The molecule has 1 atom stereocenters. The maximum Gasteiger partial charge on any atom is 0.244 e. The third-order valence-electron chi connectivity index (χ3n) is 3.91. The Morgan fingerprint density at radius 2 is 2.17 bits per heavy atom. The molecule has 0 radical (unpaired) electrons. The average molecular weight is 253 g/mol. The van der Waals surface area contributed by atoms with Gasteiger partial charge in [-0.3, -0.25) is 9.59 Å². The maximum absolute atomic E-state index is 12.2. The number of carbonyl (C=O) groups is 2. The van der Waals surface area contributed by atoms with Crippen LogP contribution in [0.3, 0.4) is 0 Å². The molecule has 0 aromatic rings. The molecular formula is C13H23N3O2. The standard InChI is InChI=1S/C13H23N3O2/c1-2-15-13(18)11-9-14-6-7-16(11)12(17)8-10-4-3-5-10/h10-11,14H,2-9H2,1H3,(H,15,18). The van der Waals surface area contributed by atoms with Crippen LogP contribution in [0.2, 0.25) is 0 Å². The molecule has 1 saturated carbocycles. The van der Waals surface area contributed by atoms with Crippen molar-refractivity contribution in [1.29, 1.82) is 0 Å². The highest BCUT2D eigenvalue weighted by molar-refractivity contribution is 5.88. The van der Waals surface area contributed by atoms with Crippen molar-refractivity contribution in [2.75, 3.05) is 26.2 Å². The largest absolute Gasteiger partial charge is 0.355 e. The number of piperazine rings is 1. The minimum absolute atomic E-state index is 0.0355. The first kappa shape index (κ1) is 13.3. The van der Waals surface area contributed by atoms with Gasteiger partial charge in [0.2, 0.25) is 11.8 Å². The van der Waals surface area contributed by atoms with Gasteiger partial charge in [-0.2, -0.15) is 0 Å². The fourth-order valence-electron chi connectivity index (χ4n) is 2.59. The molecule has 102 valence electrons. The fourth-order valence-corrected chi connectivity index (χ4v) is 2.59. The molecule has 2 aliphatic rings. The second kappa shape index (κ2) is 6.18. The third-order valence-corrected chi connectivity index (χ3v) is 3.91. The van der Waals surface area contributed by atoms with Gasteiger partial charge in [0, 0.05) is 32.6 Å². The van der Waals surface area contributed by atoms with E-state index < -0.39 is 0 Å². The number of amides is 2. The molecular weight excluding hydrogens is 230 g/mol. The Morgan fingerprint density at radius 3 is 2.78 bits per heavy atom. The minimum atomic E-state index is -0.328. The predicted octanol–water partition coefficient (Wildman–Crippen LogP) is 0.113. The zero-order valence-corrected chi connectivity index (χ0v) is 11.1. The number of rotatable bonds is 4. The van der Waals surface area contributed by atoms with Crippen LogP contribution in [0.15, 0.2) is 0 Å². The van der Waals surface area contributed by atoms with E-state index in [0.29, 0.717) is 32.0 Å². The van der Waals surface area contributed by atoms with Crippen LogP contribution in [0.1, 0.15) is 32.6 Å². The second-order valence-corrected chi connectivity index (χ2v) is 5.20. The highest BCUT2D eigenvalue weighted by Gasteiger charge is 2.33. The summed E-state index contributed by atoms with van der Waals surface area (Å²) >= 11 is 0. The van der Waals surface area contributed by atoms with Crippen LogP contribution < -0.4 is 10.6 Å². The minimum Gasteiger partial charge on any atom is -0.355 e. The Morgan fingerprint density at radius 1 is 1.39 bits per heavy atom. The molecule has 5 heteroatoms. The summed E-state index contributed by atoms with van der Waals surface area (Å²) in [6.45, 7) is 4.51. The van der Waals surface area contributed by atoms with Crippen molar-refractivity contribution in [3.8, 4) is 0 Å². The summed E-state index contributed by atoms with van der Waals surface area (Å²) in [6, 6.07) is -0.328. The zero-order chi connectivity index (χ0) is 13.0. The first-order chi connectivity index (χ1) is 8.72. The summed E-state index contributed by atoms with van der Waals surface area (Å²) in [6.07, 6.45) is 4.21. The summed E-state index contributed by atoms with van der Waals surface area (Å²) in [5, 5.41) is 5.99. The maximum atomic E-state index is 12.2. The molecule has 18 heavy (non-hydrogen) atoms. The number of likely N-dealkylation sites (N-methyl/N-ethyl adjacent to an activating group) is 1. The molecule has 0 spiro atoms. The van der Waals surface area contributed by atoms with Gasteiger partial charge in [0.1, 0.15) is 6.04 Å². The highest BCUT2D eigenvalue weighted by atomic mass is 16.2. The van der Waals surface area contributed by atoms with Gasteiger partial charge in [-0.25, -0.2) is 0 Å². The van der Waals surface area contributed by atoms with Gasteiger partial charge < -0.3 is 15.5 Å². The Hall–Kier alpha value is -1.10. The smallest absolute Gasteiger partial charge is 0.244 e. The highest BCUT2D eigenvalue weighted by Crippen LogP contribution is 2.30. The van der Waals surface area contributed by atoms with E-state index in [4.69, 9.17) is 0 Å². The quantitative estimate of drug-likeness (QED) is 0.748. The first-order valence-electron chi connectivity index (χ1n) is 7.00. The molecule has 1 unspecified atom stereocenters. The number of nitrogens with one attached hydrogen (secondary N) is 2. The number of carbonyl (C=O) groups excluding carboxylic acids is 2. The van der Waals surface area contributed by atoms with Crippen molar-refractivity contribution >= 4 is 11.8 Å². The first-order valence-corrected chi connectivity index (χ1v) is 7.00. The Kier molecular flexibility index (Phi) is 4.58. The summed E-state index contributed by atoms with van der Waals surface area (Å²) in [5.74, 6) is 0.673. The van der Waals surface area contributed by atoms with E-state index in [9.17, 15) is 9.59 Å². The molecule has 1 saturated heterocycles. The van der Waals surface area contributed by atoms with Crippen molar-refractivity contribution in [2.24, 2.45) is 5.92 Å². The lowest BCUT2D eigenvalue weighted by Crippen LogP contribution is -2.59. The molecule has 1 aliphatic heterocycles. The molecule has 5 nitrogen and oxygen atoms in total. The summed E-state index contributed by atoms with van der Waals surface area (Å²) < 4.78 is 0. The van der Waals surface area contributed by atoms with Crippen LogP contribution in [0.5, 0.6) is 0 Å². The molecule has 0 aromatic carbocycles. The van der Waals surface area contributed by atoms with Gasteiger partial charge >= 0.3 is 0 Å². The van der Waals surface area contributed by atoms with Crippen molar-refractivity contribution < 1.29 is 9.59 Å². The number of nitrogens with zero attached hydrogens (tertiary/aromatic N) is 1. The summed E-state index contributed by atoms with van der Waals surface area (Å²) in [5.41, 5.74) is 0. The molecule has 2 rings (SSSR count). The molecule has 1 heterocycles. The van der Waals surface area contributed by atoms with Crippen molar-refractivity contribution in [3.63, 3.8) is 0 Å². The van der Waals surface area contributed by atoms with Crippen LogP contribution in [-0.4, -0.2) is 48.9 Å². The van der Waals surface area contributed by atoms with Crippen LogP contribution in [0, 0.1) is 5.92 Å². The van der Waals surface area contributed by atoms with Gasteiger partial charge in [0.25, 0.3) is 0 Å². The summed E-state index contributed by atoms with van der Waals surface area (Å²) in [7, 11) is 0. The van der Waals surface area contributed by atoms with E-state index in [1.54, 1.807) is 4.90 Å². The zero-order valence-electron chi connectivity index (χ0n) is 11.1. The normalized spacial score (nSPS) is 24.5. The third kappa shape index (κ3) is 3.02. The molecule has 2 fully saturated rings. The molecule has 2 N–H and O–H groups in total. The van der Waals surface area contributed by atoms with Gasteiger partial charge in [0.15, 0.2) is 0 Å². The average Bonchev–Trinajstić information content (AvgIpc) is 2.34. The number of hydrogen-bond donors (Lipinski definition) is 2. The lowest BCUT2D eigenvalue weighted by atomic mass is 9.82. The topological polar surface area (TPSA) is 61.4 Å². The predicted molar refractivity (Wildman–Crippen MR) is 69.0 cm³/mol. The van der Waals surface area contributed by atoms with E-state index in [2.05, 4.69) is 10.6 Å². The number of hydrogen-bond acceptors (Lipinski definition) is 3. The van der Waals surface area contributed by atoms with E-state index in [1.807, 2.05) is 6.92 Å².